The first-order chi connectivity index (χ1) is 8.71. The summed E-state index contributed by atoms with van der Waals surface area (Å²) in [5.41, 5.74) is -2.50. The largest absolute Gasteiger partial charge is 0.390 e. The maximum Gasteiger partial charge on any atom is 0.169 e. The molecule has 4 nitrogen and oxygen atoms in total. The number of hydrogen-bond acceptors (Lipinski definition) is 4. The molecule has 7 atom stereocenters. The molecular weight excluding hydrogens is 244 g/mol. The Hall–Kier alpha value is -0.710. The smallest absolute Gasteiger partial charge is 0.169 e. The number of aliphatic hydroxyl groups is 3. The molecule has 3 aliphatic rings. The average Bonchev–Trinajstić information content (AvgIpc) is 2.52. The van der Waals surface area contributed by atoms with Gasteiger partial charge in [-0.2, -0.15) is 0 Å². The highest BCUT2D eigenvalue weighted by Crippen LogP contribution is 2.61. The lowest BCUT2D eigenvalue weighted by atomic mass is 9.55. The molecule has 3 rings (SSSR count). The molecule has 0 amide bonds. The van der Waals surface area contributed by atoms with Crippen LogP contribution < -0.4 is 0 Å². The number of carbonyl (C=O) groups excluding carboxylic acids is 1. The van der Waals surface area contributed by atoms with Gasteiger partial charge in [-0.15, -0.1) is 0 Å². The fourth-order valence-electron chi connectivity index (χ4n) is 4.82. The van der Waals surface area contributed by atoms with Crippen LogP contribution in [0.25, 0.3) is 0 Å². The van der Waals surface area contributed by atoms with Gasteiger partial charge in [-0.05, 0) is 37.2 Å². The summed E-state index contributed by atoms with van der Waals surface area (Å²) in [7, 11) is 0. The van der Waals surface area contributed by atoms with Crippen LogP contribution in [0.5, 0.6) is 0 Å². The molecule has 0 radical (unpaired) electrons. The molecule has 3 aliphatic carbocycles. The Morgan fingerprint density at radius 1 is 1.32 bits per heavy atom. The second-order valence-corrected chi connectivity index (χ2v) is 6.95. The molecule has 106 valence electrons. The second kappa shape index (κ2) is 3.68. The van der Waals surface area contributed by atoms with Crippen molar-refractivity contribution in [3.05, 3.63) is 12.2 Å². The number of hydrogen-bond donors (Lipinski definition) is 3. The van der Waals surface area contributed by atoms with E-state index in [1.165, 1.54) is 0 Å². The summed E-state index contributed by atoms with van der Waals surface area (Å²) in [6.07, 6.45) is 0.711. The van der Waals surface area contributed by atoms with E-state index in [9.17, 15) is 20.1 Å². The van der Waals surface area contributed by atoms with E-state index in [0.29, 0.717) is 12.8 Å². The Kier molecular flexibility index (Phi) is 2.58. The summed E-state index contributed by atoms with van der Waals surface area (Å²) < 4.78 is 0. The fourth-order valence-corrected chi connectivity index (χ4v) is 4.82. The zero-order chi connectivity index (χ0) is 14.2. The number of Topliss-reactive ketones (excluding diaryl/α,β-unsaturated/α-hetero) is 1. The first-order valence-electron chi connectivity index (χ1n) is 7.06. The van der Waals surface area contributed by atoms with Crippen molar-refractivity contribution in [1.82, 2.24) is 0 Å². The predicted molar refractivity (Wildman–Crippen MR) is 69.2 cm³/mol. The zero-order valence-corrected chi connectivity index (χ0v) is 11.5. The van der Waals surface area contributed by atoms with E-state index in [4.69, 9.17) is 0 Å². The average molecular weight is 266 g/mol. The van der Waals surface area contributed by atoms with Gasteiger partial charge < -0.3 is 15.3 Å². The Morgan fingerprint density at radius 2 is 1.95 bits per heavy atom. The van der Waals surface area contributed by atoms with Crippen molar-refractivity contribution in [3.63, 3.8) is 0 Å². The number of aliphatic hydroxyl groups excluding tert-OH is 1. The molecule has 0 aromatic carbocycles. The van der Waals surface area contributed by atoms with Crippen LogP contribution >= 0.6 is 0 Å². The summed E-state index contributed by atoms with van der Waals surface area (Å²) in [5, 5.41) is 31.8. The van der Waals surface area contributed by atoms with Crippen molar-refractivity contribution >= 4 is 5.78 Å². The molecule has 0 bridgehead atoms. The van der Waals surface area contributed by atoms with Crippen molar-refractivity contribution in [2.45, 2.75) is 50.4 Å². The van der Waals surface area contributed by atoms with E-state index in [0.717, 1.165) is 6.42 Å². The topological polar surface area (TPSA) is 77.8 Å². The molecule has 0 unspecified atom stereocenters. The third kappa shape index (κ3) is 1.42. The molecular formula is C15H22O4. The summed E-state index contributed by atoms with van der Waals surface area (Å²) in [5.74, 6) is -0.771. The van der Waals surface area contributed by atoms with E-state index in [2.05, 4.69) is 6.58 Å². The van der Waals surface area contributed by atoms with Gasteiger partial charge in [0.05, 0.1) is 11.7 Å². The zero-order valence-electron chi connectivity index (χ0n) is 11.5. The highest BCUT2D eigenvalue weighted by atomic mass is 16.3. The molecule has 3 saturated carbocycles. The van der Waals surface area contributed by atoms with Crippen molar-refractivity contribution in [3.8, 4) is 0 Å². The number of rotatable bonds is 0. The van der Waals surface area contributed by atoms with E-state index in [1.807, 2.05) is 6.92 Å². The van der Waals surface area contributed by atoms with Gasteiger partial charge in [0.1, 0.15) is 5.60 Å². The van der Waals surface area contributed by atoms with Crippen LogP contribution in [0.15, 0.2) is 12.2 Å². The molecule has 0 aromatic rings. The number of carbonyl (C=O) groups is 1. The summed E-state index contributed by atoms with van der Waals surface area (Å²) in [6, 6.07) is 0. The lowest BCUT2D eigenvalue weighted by Crippen LogP contribution is -2.59. The summed E-state index contributed by atoms with van der Waals surface area (Å²) in [6.45, 7) is 7.48. The summed E-state index contributed by atoms with van der Waals surface area (Å²) >= 11 is 0. The van der Waals surface area contributed by atoms with Gasteiger partial charge in [-0.1, -0.05) is 13.5 Å². The maximum atomic E-state index is 12.3. The van der Waals surface area contributed by atoms with E-state index >= 15 is 0 Å². The van der Waals surface area contributed by atoms with E-state index in [1.54, 1.807) is 6.92 Å². The molecule has 0 saturated heterocycles. The third-order valence-corrected chi connectivity index (χ3v) is 5.88. The van der Waals surface area contributed by atoms with Gasteiger partial charge in [-0.25, -0.2) is 0 Å². The minimum absolute atomic E-state index is 0.168. The SMILES string of the molecule is C=C1[C@@H](O)[C@H]2[C@H]3[C@H](CC[C@@]2(C)O)[C@@H](C)CC(=O)[C@]13O. The van der Waals surface area contributed by atoms with Crippen LogP contribution in [-0.4, -0.2) is 38.4 Å². The Balaban J connectivity index is 2.15. The minimum atomic E-state index is -1.63. The van der Waals surface area contributed by atoms with Crippen LogP contribution in [-0.2, 0) is 4.79 Å². The normalized spacial score (nSPS) is 57.2. The molecule has 0 heterocycles. The predicted octanol–water partition coefficient (Wildman–Crippen LogP) is 0.650. The maximum absolute atomic E-state index is 12.3. The fraction of sp³-hybridized carbons (Fsp3) is 0.800. The Labute approximate surface area is 113 Å². The molecule has 4 heteroatoms. The van der Waals surface area contributed by atoms with Crippen LogP contribution in [0.3, 0.4) is 0 Å². The second-order valence-electron chi connectivity index (χ2n) is 6.95. The molecule has 3 N–H and O–H groups in total. The lowest BCUT2D eigenvalue weighted by molar-refractivity contribution is -0.169. The standard InChI is InChI=1S/C15H22O4/c1-7-6-10(16)15(19)8(2)13(17)12-11(15)9(7)4-5-14(12,3)18/h7,9,11-13,17-19H,2,4-6H2,1,3H3/t7-,9+,11+,12+,13+,14+,15+/m0/s1. The quantitative estimate of drug-likeness (QED) is 0.563. The van der Waals surface area contributed by atoms with Gasteiger partial charge >= 0.3 is 0 Å². The van der Waals surface area contributed by atoms with Crippen LogP contribution in [0.2, 0.25) is 0 Å². The van der Waals surface area contributed by atoms with Crippen LogP contribution in [0.1, 0.15) is 33.1 Å². The van der Waals surface area contributed by atoms with Crippen molar-refractivity contribution in [2.24, 2.45) is 23.7 Å². The summed E-state index contributed by atoms with van der Waals surface area (Å²) in [4.78, 5) is 12.3. The van der Waals surface area contributed by atoms with Crippen molar-refractivity contribution in [1.29, 1.82) is 0 Å². The molecule has 0 aromatic heterocycles. The third-order valence-electron chi connectivity index (χ3n) is 5.88. The highest BCUT2D eigenvalue weighted by Gasteiger charge is 2.69. The lowest BCUT2D eigenvalue weighted by Gasteiger charge is -2.51. The Morgan fingerprint density at radius 3 is 2.58 bits per heavy atom. The monoisotopic (exact) mass is 266 g/mol. The van der Waals surface area contributed by atoms with Gasteiger partial charge in [0.15, 0.2) is 5.78 Å². The number of ketones is 1. The van der Waals surface area contributed by atoms with Gasteiger partial charge in [-0.3, -0.25) is 4.79 Å². The highest BCUT2D eigenvalue weighted by molar-refractivity contribution is 5.93. The van der Waals surface area contributed by atoms with Gasteiger partial charge in [0.25, 0.3) is 0 Å². The van der Waals surface area contributed by atoms with E-state index < -0.39 is 29.1 Å². The van der Waals surface area contributed by atoms with Crippen molar-refractivity contribution < 1.29 is 20.1 Å². The van der Waals surface area contributed by atoms with Gasteiger partial charge in [0, 0.05) is 18.3 Å². The molecule has 3 fully saturated rings. The first-order valence-corrected chi connectivity index (χ1v) is 7.06. The van der Waals surface area contributed by atoms with Gasteiger partial charge in [0.2, 0.25) is 0 Å². The molecule has 0 aliphatic heterocycles. The van der Waals surface area contributed by atoms with E-state index in [-0.39, 0.29) is 23.2 Å². The van der Waals surface area contributed by atoms with Crippen LogP contribution in [0.4, 0.5) is 0 Å². The molecule has 19 heavy (non-hydrogen) atoms. The minimum Gasteiger partial charge on any atom is -0.390 e. The van der Waals surface area contributed by atoms with Crippen molar-refractivity contribution in [2.75, 3.05) is 0 Å². The molecule has 0 spiro atoms. The Bertz CT molecular complexity index is 455. The van der Waals surface area contributed by atoms with Crippen LogP contribution in [0, 0.1) is 23.7 Å². The first kappa shape index (κ1) is 13.3.